The first-order chi connectivity index (χ1) is 8.99. The molecule has 4 nitrogen and oxygen atoms in total. The Morgan fingerprint density at radius 3 is 2.68 bits per heavy atom. The Morgan fingerprint density at radius 1 is 1.26 bits per heavy atom. The summed E-state index contributed by atoms with van der Waals surface area (Å²) in [4.78, 5) is 4.77. The fraction of sp³-hybridized carbons (Fsp3) is 0.182. The third-order valence-corrected chi connectivity index (χ3v) is 5.54. The van der Waals surface area contributed by atoms with E-state index in [1.54, 1.807) is 6.07 Å². The topological polar surface area (TPSA) is 59.1 Å². The van der Waals surface area contributed by atoms with Crippen molar-refractivity contribution in [1.29, 1.82) is 0 Å². The molecule has 0 unspecified atom stereocenters. The Bertz CT molecular complexity index is 671. The third-order valence-electron chi connectivity index (χ3n) is 2.32. The van der Waals surface area contributed by atoms with Crippen molar-refractivity contribution in [3.8, 4) is 0 Å². The molecule has 0 spiro atoms. The van der Waals surface area contributed by atoms with Gasteiger partial charge in [0.2, 0.25) is 10.0 Å². The van der Waals surface area contributed by atoms with Crippen LogP contribution in [0, 0.1) is 0 Å². The monoisotopic (exact) mass is 336 g/mol. The quantitative estimate of drug-likeness (QED) is 0.913. The lowest BCUT2D eigenvalue weighted by atomic mass is 10.3. The van der Waals surface area contributed by atoms with E-state index in [4.69, 9.17) is 23.2 Å². The maximum absolute atomic E-state index is 12.0. The van der Waals surface area contributed by atoms with Crippen molar-refractivity contribution >= 4 is 44.6 Å². The number of halogens is 2. The molecular formula is C11H10Cl2N2O2S2. The molecule has 2 rings (SSSR count). The molecule has 102 valence electrons. The SMILES string of the molecule is O=S(=O)(NCCc1ccc(Cl)s1)c1cnccc1Cl. The molecule has 2 aromatic rings. The van der Waals surface area contributed by atoms with E-state index in [0.717, 1.165) is 4.88 Å². The molecule has 0 atom stereocenters. The fourth-order valence-corrected chi connectivity index (χ4v) is 3.98. The van der Waals surface area contributed by atoms with Crippen LogP contribution in [-0.2, 0) is 16.4 Å². The first-order valence-electron chi connectivity index (χ1n) is 5.32. The molecule has 19 heavy (non-hydrogen) atoms. The van der Waals surface area contributed by atoms with E-state index in [1.165, 1.54) is 29.8 Å². The molecule has 1 N–H and O–H groups in total. The normalized spacial score (nSPS) is 11.7. The van der Waals surface area contributed by atoms with Crippen LogP contribution in [0.1, 0.15) is 4.88 Å². The molecule has 8 heteroatoms. The van der Waals surface area contributed by atoms with Crippen molar-refractivity contribution in [2.45, 2.75) is 11.3 Å². The van der Waals surface area contributed by atoms with Gasteiger partial charge in [0.25, 0.3) is 0 Å². The molecule has 0 radical (unpaired) electrons. The summed E-state index contributed by atoms with van der Waals surface area (Å²) in [5.41, 5.74) is 0. The van der Waals surface area contributed by atoms with Gasteiger partial charge in [-0.2, -0.15) is 0 Å². The molecule has 0 fully saturated rings. The number of sulfonamides is 1. The highest BCUT2D eigenvalue weighted by atomic mass is 35.5. The molecule has 0 aliphatic heterocycles. The predicted octanol–water partition coefficient (Wildman–Crippen LogP) is 2.97. The Morgan fingerprint density at radius 2 is 2.05 bits per heavy atom. The lowest BCUT2D eigenvalue weighted by Crippen LogP contribution is -2.26. The van der Waals surface area contributed by atoms with E-state index >= 15 is 0 Å². The number of pyridine rings is 1. The fourth-order valence-electron chi connectivity index (χ4n) is 1.43. The number of nitrogens with zero attached hydrogens (tertiary/aromatic N) is 1. The van der Waals surface area contributed by atoms with Crippen LogP contribution in [0.4, 0.5) is 0 Å². The smallest absolute Gasteiger partial charge is 0.243 e. The van der Waals surface area contributed by atoms with Crippen molar-refractivity contribution < 1.29 is 8.42 Å². The Kier molecular flexibility index (Phi) is 4.81. The van der Waals surface area contributed by atoms with Gasteiger partial charge < -0.3 is 0 Å². The molecule has 0 saturated carbocycles. The largest absolute Gasteiger partial charge is 0.263 e. The van der Waals surface area contributed by atoms with E-state index in [1.807, 2.05) is 6.07 Å². The van der Waals surface area contributed by atoms with E-state index in [9.17, 15) is 8.42 Å². The predicted molar refractivity (Wildman–Crippen MR) is 77.5 cm³/mol. The van der Waals surface area contributed by atoms with E-state index in [-0.39, 0.29) is 16.5 Å². The summed E-state index contributed by atoms with van der Waals surface area (Å²) >= 11 is 13.1. The molecule has 2 aromatic heterocycles. The van der Waals surface area contributed by atoms with Crippen LogP contribution in [0.3, 0.4) is 0 Å². The van der Waals surface area contributed by atoms with Gasteiger partial charge in [-0.25, -0.2) is 13.1 Å². The van der Waals surface area contributed by atoms with Gasteiger partial charge in [0, 0.05) is 23.8 Å². The van der Waals surface area contributed by atoms with Gasteiger partial charge in [-0.15, -0.1) is 11.3 Å². The average Bonchev–Trinajstić information content (AvgIpc) is 2.75. The summed E-state index contributed by atoms with van der Waals surface area (Å²) in [6.07, 6.45) is 3.25. The summed E-state index contributed by atoms with van der Waals surface area (Å²) in [6.45, 7) is 0.282. The first kappa shape index (κ1) is 14.7. The lowest BCUT2D eigenvalue weighted by molar-refractivity contribution is 0.581. The van der Waals surface area contributed by atoms with Gasteiger partial charge in [-0.1, -0.05) is 23.2 Å². The van der Waals surface area contributed by atoms with Crippen molar-refractivity contribution in [2.24, 2.45) is 0 Å². The molecule has 0 aliphatic carbocycles. The highest BCUT2D eigenvalue weighted by molar-refractivity contribution is 7.89. The molecule has 0 aromatic carbocycles. The van der Waals surface area contributed by atoms with Crippen LogP contribution in [0.5, 0.6) is 0 Å². The van der Waals surface area contributed by atoms with Crippen molar-refractivity contribution in [1.82, 2.24) is 9.71 Å². The molecule has 0 aliphatic rings. The van der Waals surface area contributed by atoms with Gasteiger partial charge in [-0.05, 0) is 24.6 Å². The number of hydrogen-bond acceptors (Lipinski definition) is 4. The van der Waals surface area contributed by atoms with Crippen LogP contribution in [0.25, 0.3) is 0 Å². The van der Waals surface area contributed by atoms with Crippen molar-refractivity contribution in [3.05, 3.63) is 44.8 Å². The summed E-state index contributed by atoms with van der Waals surface area (Å²) in [6, 6.07) is 5.10. The zero-order valence-electron chi connectivity index (χ0n) is 9.64. The van der Waals surface area contributed by atoms with Crippen LogP contribution >= 0.6 is 34.5 Å². The van der Waals surface area contributed by atoms with Crippen molar-refractivity contribution in [2.75, 3.05) is 6.54 Å². The zero-order valence-corrected chi connectivity index (χ0v) is 12.8. The van der Waals surface area contributed by atoms with Gasteiger partial charge >= 0.3 is 0 Å². The highest BCUT2D eigenvalue weighted by Crippen LogP contribution is 2.22. The minimum Gasteiger partial charge on any atom is -0.263 e. The Balaban J connectivity index is 2.01. The Labute approximate surface area is 125 Å². The molecule has 0 amide bonds. The van der Waals surface area contributed by atoms with Gasteiger partial charge in [-0.3, -0.25) is 4.98 Å². The van der Waals surface area contributed by atoms with E-state index in [0.29, 0.717) is 10.8 Å². The van der Waals surface area contributed by atoms with Crippen LogP contribution in [0.2, 0.25) is 9.36 Å². The molecule has 0 saturated heterocycles. The lowest BCUT2D eigenvalue weighted by Gasteiger charge is -2.06. The van der Waals surface area contributed by atoms with Crippen LogP contribution in [0.15, 0.2) is 35.5 Å². The molecule has 2 heterocycles. The minimum atomic E-state index is -3.63. The van der Waals surface area contributed by atoms with Gasteiger partial charge in [0.15, 0.2) is 0 Å². The molecule has 0 bridgehead atoms. The standard InChI is InChI=1S/C11H10Cl2N2O2S2/c12-9-4-5-14-7-10(9)19(16,17)15-6-3-8-1-2-11(13)18-8/h1-2,4-5,7,15H,3,6H2. The van der Waals surface area contributed by atoms with Crippen LogP contribution < -0.4 is 4.72 Å². The summed E-state index contributed by atoms with van der Waals surface area (Å²) in [7, 11) is -3.63. The molecular weight excluding hydrogens is 327 g/mol. The maximum Gasteiger partial charge on any atom is 0.243 e. The number of thiophene rings is 1. The van der Waals surface area contributed by atoms with E-state index in [2.05, 4.69) is 9.71 Å². The Hall–Kier alpha value is -0.660. The van der Waals surface area contributed by atoms with Gasteiger partial charge in [0.1, 0.15) is 4.90 Å². The average molecular weight is 337 g/mol. The minimum absolute atomic E-state index is 0.0131. The number of aromatic nitrogens is 1. The summed E-state index contributed by atoms with van der Waals surface area (Å²) < 4.78 is 27.2. The third kappa shape index (κ3) is 3.90. The van der Waals surface area contributed by atoms with Crippen LogP contribution in [-0.4, -0.2) is 19.9 Å². The number of nitrogens with one attached hydrogen (secondary N) is 1. The number of rotatable bonds is 5. The van der Waals surface area contributed by atoms with Crippen molar-refractivity contribution in [3.63, 3.8) is 0 Å². The first-order valence-corrected chi connectivity index (χ1v) is 8.38. The second-order valence-electron chi connectivity index (χ2n) is 3.66. The zero-order chi connectivity index (χ0) is 13.9. The van der Waals surface area contributed by atoms with E-state index < -0.39 is 10.0 Å². The summed E-state index contributed by atoms with van der Waals surface area (Å²) in [5, 5.41) is 0.154. The van der Waals surface area contributed by atoms with Gasteiger partial charge in [0.05, 0.1) is 9.36 Å². The highest BCUT2D eigenvalue weighted by Gasteiger charge is 2.17. The maximum atomic E-state index is 12.0. The summed E-state index contributed by atoms with van der Waals surface area (Å²) in [5.74, 6) is 0. The second kappa shape index (κ2) is 6.19. The number of hydrogen-bond donors (Lipinski definition) is 1. The second-order valence-corrected chi connectivity index (χ2v) is 7.60.